The SMILES string of the molecule is CCCCCCCCOc1ccc(NC2=CC(=O)N(CCO)C2=O)cc1. The Morgan fingerprint density at radius 3 is 2.42 bits per heavy atom. The zero-order chi connectivity index (χ0) is 18.8. The summed E-state index contributed by atoms with van der Waals surface area (Å²) in [5, 5.41) is 11.9. The van der Waals surface area contributed by atoms with Crippen molar-refractivity contribution in [1.82, 2.24) is 4.90 Å². The molecule has 0 fully saturated rings. The number of anilines is 1. The van der Waals surface area contributed by atoms with Crippen molar-refractivity contribution in [2.75, 3.05) is 25.1 Å². The van der Waals surface area contributed by atoms with E-state index in [1.165, 1.54) is 38.2 Å². The van der Waals surface area contributed by atoms with Gasteiger partial charge in [-0.05, 0) is 30.7 Å². The largest absolute Gasteiger partial charge is 0.494 e. The number of nitrogens with one attached hydrogen (secondary N) is 1. The molecule has 1 aliphatic rings. The summed E-state index contributed by atoms with van der Waals surface area (Å²) in [6, 6.07) is 7.30. The number of nitrogens with zero attached hydrogens (tertiary/aromatic N) is 1. The average Bonchev–Trinajstić information content (AvgIpc) is 2.90. The monoisotopic (exact) mass is 360 g/mol. The number of carbonyl (C=O) groups is 2. The number of benzene rings is 1. The van der Waals surface area contributed by atoms with Crippen LogP contribution in [-0.4, -0.2) is 41.6 Å². The summed E-state index contributed by atoms with van der Waals surface area (Å²) < 4.78 is 5.73. The fourth-order valence-electron chi connectivity index (χ4n) is 2.77. The van der Waals surface area contributed by atoms with E-state index in [0.717, 1.165) is 17.1 Å². The molecule has 142 valence electrons. The molecule has 2 rings (SSSR count). The third-order valence-corrected chi connectivity index (χ3v) is 4.23. The van der Waals surface area contributed by atoms with Crippen LogP contribution >= 0.6 is 0 Å². The molecule has 26 heavy (non-hydrogen) atoms. The zero-order valence-electron chi connectivity index (χ0n) is 15.4. The highest BCUT2D eigenvalue weighted by Gasteiger charge is 2.30. The Kier molecular flexibility index (Phi) is 8.15. The molecule has 0 bridgehead atoms. The van der Waals surface area contributed by atoms with Gasteiger partial charge in [-0.1, -0.05) is 39.0 Å². The second-order valence-electron chi connectivity index (χ2n) is 6.34. The summed E-state index contributed by atoms with van der Waals surface area (Å²) in [6.45, 7) is 2.67. The number of β-amino-alcohol motifs (C(OH)–C–C–N with tert-alkyl or cyclic N) is 1. The van der Waals surface area contributed by atoms with E-state index in [0.29, 0.717) is 12.3 Å². The van der Waals surface area contributed by atoms with E-state index in [2.05, 4.69) is 12.2 Å². The van der Waals surface area contributed by atoms with Gasteiger partial charge < -0.3 is 15.2 Å². The molecule has 6 heteroatoms. The first-order valence-electron chi connectivity index (χ1n) is 9.34. The van der Waals surface area contributed by atoms with E-state index in [-0.39, 0.29) is 18.8 Å². The predicted octanol–water partition coefficient (Wildman–Crippen LogP) is 3.08. The molecule has 1 aromatic rings. The summed E-state index contributed by atoms with van der Waals surface area (Å²) in [5.41, 5.74) is 0.916. The van der Waals surface area contributed by atoms with E-state index in [9.17, 15) is 9.59 Å². The number of aliphatic hydroxyl groups is 1. The van der Waals surface area contributed by atoms with Crippen LogP contribution in [0.5, 0.6) is 5.75 Å². The highest BCUT2D eigenvalue weighted by atomic mass is 16.5. The highest BCUT2D eigenvalue weighted by Crippen LogP contribution is 2.20. The van der Waals surface area contributed by atoms with E-state index in [4.69, 9.17) is 9.84 Å². The van der Waals surface area contributed by atoms with Crippen molar-refractivity contribution in [2.45, 2.75) is 45.4 Å². The van der Waals surface area contributed by atoms with Gasteiger partial charge in [0.15, 0.2) is 0 Å². The number of hydrogen-bond acceptors (Lipinski definition) is 5. The Bertz CT molecular complexity index is 625. The van der Waals surface area contributed by atoms with Gasteiger partial charge >= 0.3 is 0 Å². The quantitative estimate of drug-likeness (QED) is 0.442. The standard InChI is InChI=1S/C20H28N2O4/c1-2-3-4-5-6-7-14-26-17-10-8-16(9-11-17)21-18-15-19(24)22(12-13-23)20(18)25/h8-11,15,21,23H,2-7,12-14H2,1H3. The molecule has 0 atom stereocenters. The van der Waals surface area contributed by atoms with Crippen LogP contribution < -0.4 is 10.1 Å². The van der Waals surface area contributed by atoms with E-state index in [1.807, 2.05) is 24.3 Å². The first-order valence-corrected chi connectivity index (χ1v) is 9.34. The topological polar surface area (TPSA) is 78.9 Å². The van der Waals surface area contributed by atoms with Crippen molar-refractivity contribution in [2.24, 2.45) is 0 Å². The Balaban J connectivity index is 1.75. The van der Waals surface area contributed by atoms with Crippen molar-refractivity contribution in [3.05, 3.63) is 36.0 Å². The number of rotatable bonds is 12. The van der Waals surface area contributed by atoms with Crippen LogP contribution in [0.2, 0.25) is 0 Å². The molecule has 1 aliphatic heterocycles. The van der Waals surface area contributed by atoms with E-state index >= 15 is 0 Å². The lowest BCUT2D eigenvalue weighted by Gasteiger charge is -2.13. The molecule has 2 N–H and O–H groups in total. The van der Waals surface area contributed by atoms with Gasteiger partial charge in [0, 0.05) is 11.8 Å². The summed E-state index contributed by atoms with van der Waals surface area (Å²) >= 11 is 0. The Labute approximate surface area is 154 Å². The maximum atomic E-state index is 12.1. The molecule has 0 saturated carbocycles. The molecular weight excluding hydrogens is 332 g/mol. The second-order valence-corrected chi connectivity index (χ2v) is 6.34. The third kappa shape index (κ3) is 5.88. The first kappa shape index (κ1) is 20.0. The molecule has 1 heterocycles. The Hall–Kier alpha value is -2.34. The zero-order valence-corrected chi connectivity index (χ0v) is 15.4. The van der Waals surface area contributed by atoms with Gasteiger partial charge in [-0.2, -0.15) is 0 Å². The van der Waals surface area contributed by atoms with Crippen LogP contribution in [0.1, 0.15) is 45.4 Å². The van der Waals surface area contributed by atoms with Crippen LogP contribution in [0.15, 0.2) is 36.0 Å². The number of imide groups is 1. The molecule has 0 unspecified atom stereocenters. The molecule has 0 aliphatic carbocycles. The van der Waals surface area contributed by atoms with Crippen molar-refractivity contribution >= 4 is 17.5 Å². The number of aliphatic hydroxyl groups excluding tert-OH is 1. The van der Waals surface area contributed by atoms with E-state index < -0.39 is 11.8 Å². The lowest BCUT2D eigenvalue weighted by atomic mass is 10.1. The fraction of sp³-hybridized carbons (Fsp3) is 0.500. The number of amides is 2. The van der Waals surface area contributed by atoms with Gasteiger partial charge in [0.25, 0.3) is 11.8 Å². The molecule has 0 saturated heterocycles. The van der Waals surface area contributed by atoms with Crippen molar-refractivity contribution < 1.29 is 19.4 Å². The van der Waals surface area contributed by atoms with E-state index in [1.54, 1.807) is 0 Å². The molecular formula is C20H28N2O4. The molecule has 1 aromatic carbocycles. The first-order chi connectivity index (χ1) is 12.7. The van der Waals surface area contributed by atoms with Crippen molar-refractivity contribution in [3.8, 4) is 5.75 Å². The minimum absolute atomic E-state index is 0.00453. The van der Waals surface area contributed by atoms with Gasteiger partial charge in [0.1, 0.15) is 11.4 Å². The predicted molar refractivity (Wildman–Crippen MR) is 101 cm³/mol. The average molecular weight is 360 g/mol. The third-order valence-electron chi connectivity index (χ3n) is 4.23. The summed E-state index contributed by atoms with van der Waals surface area (Å²) in [5.74, 6) is -0.0493. The van der Waals surface area contributed by atoms with Crippen LogP contribution in [0, 0.1) is 0 Å². The normalized spacial score (nSPS) is 13.9. The summed E-state index contributed by atoms with van der Waals surface area (Å²) in [4.78, 5) is 24.8. The van der Waals surface area contributed by atoms with Crippen LogP contribution in [0.3, 0.4) is 0 Å². The molecule has 0 aromatic heterocycles. The fourth-order valence-corrected chi connectivity index (χ4v) is 2.77. The maximum absolute atomic E-state index is 12.1. The minimum atomic E-state index is -0.424. The molecule has 0 spiro atoms. The summed E-state index contributed by atoms with van der Waals surface area (Å²) in [7, 11) is 0. The van der Waals surface area contributed by atoms with Crippen LogP contribution in [0.25, 0.3) is 0 Å². The molecule has 0 radical (unpaired) electrons. The maximum Gasteiger partial charge on any atom is 0.277 e. The molecule has 6 nitrogen and oxygen atoms in total. The number of unbranched alkanes of at least 4 members (excludes halogenated alkanes) is 5. The highest BCUT2D eigenvalue weighted by molar-refractivity contribution is 6.17. The van der Waals surface area contributed by atoms with Crippen molar-refractivity contribution in [1.29, 1.82) is 0 Å². The minimum Gasteiger partial charge on any atom is -0.494 e. The smallest absolute Gasteiger partial charge is 0.277 e. The number of ether oxygens (including phenoxy) is 1. The van der Waals surface area contributed by atoms with Crippen molar-refractivity contribution in [3.63, 3.8) is 0 Å². The van der Waals surface area contributed by atoms with Gasteiger partial charge in [-0.15, -0.1) is 0 Å². The van der Waals surface area contributed by atoms with Crippen LogP contribution in [-0.2, 0) is 9.59 Å². The van der Waals surface area contributed by atoms with Gasteiger partial charge in [0.2, 0.25) is 0 Å². The van der Waals surface area contributed by atoms with Gasteiger partial charge in [-0.25, -0.2) is 0 Å². The van der Waals surface area contributed by atoms with Gasteiger partial charge in [0.05, 0.1) is 19.8 Å². The van der Waals surface area contributed by atoms with Crippen LogP contribution in [0.4, 0.5) is 5.69 Å². The van der Waals surface area contributed by atoms with Gasteiger partial charge in [-0.3, -0.25) is 14.5 Å². The Morgan fingerprint density at radius 2 is 1.73 bits per heavy atom. The second kappa shape index (κ2) is 10.6. The lowest BCUT2D eigenvalue weighted by Crippen LogP contribution is -2.34. The molecule has 2 amide bonds. The number of carbonyl (C=O) groups excluding carboxylic acids is 2. The number of hydrogen-bond donors (Lipinski definition) is 2. The lowest BCUT2D eigenvalue weighted by molar-refractivity contribution is -0.137. The summed E-state index contributed by atoms with van der Waals surface area (Å²) in [6.07, 6.45) is 8.60. The Morgan fingerprint density at radius 1 is 1.04 bits per heavy atom.